The first-order valence-electron chi connectivity index (χ1n) is 8.09. The highest BCUT2D eigenvalue weighted by atomic mass is 16.3. The first-order chi connectivity index (χ1) is 11.6. The van der Waals surface area contributed by atoms with Crippen molar-refractivity contribution in [3.05, 3.63) is 12.4 Å². The standard InChI is InChI=1S/C14H19N5O2.CH2O2/c20-11-14(3-1-2-4-14)16-13(21)19(11)10-9-18-8-7-17-6-5-15-12(17)18;2-1-3/h5-6H,1-4,7-10H2,(H,16,21);1H,(H,2,3). The maximum Gasteiger partial charge on any atom is 0.325 e. The lowest BCUT2D eigenvalue weighted by molar-refractivity contribution is -0.131. The van der Waals surface area contributed by atoms with E-state index in [1.54, 1.807) is 6.20 Å². The van der Waals surface area contributed by atoms with E-state index >= 15 is 0 Å². The number of carbonyl (C=O) groups is 3. The zero-order valence-electron chi connectivity index (χ0n) is 13.3. The van der Waals surface area contributed by atoms with Crippen LogP contribution in [0.2, 0.25) is 0 Å². The van der Waals surface area contributed by atoms with Gasteiger partial charge in [-0.15, -0.1) is 0 Å². The zero-order valence-corrected chi connectivity index (χ0v) is 13.3. The second kappa shape index (κ2) is 6.50. The average Bonchev–Trinajstić information content (AvgIpc) is 3.28. The molecule has 2 aliphatic heterocycles. The predicted octanol–water partition coefficient (Wildman–Crippen LogP) is 0.269. The predicted molar refractivity (Wildman–Crippen MR) is 84.6 cm³/mol. The highest BCUT2D eigenvalue weighted by Gasteiger charge is 2.52. The normalized spacial score (nSPS) is 20.8. The number of nitrogens with zero attached hydrogens (tertiary/aromatic N) is 4. The molecule has 24 heavy (non-hydrogen) atoms. The number of rotatable bonds is 3. The summed E-state index contributed by atoms with van der Waals surface area (Å²) in [4.78, 5) is 40.8. The Hall–Kier alpha value is -2.58. The molecule has 0 atom stereocenters. The van der Waals surface area contributed by atoms with Crippen molar-refractivity contribution in [1.29, 1.82) is 0 Å². The Bertz CT molecular complexity index is 638. The molecule has 3 amide bonds. The topological polar surface area (TPSA) is 108 Å². The van der Waals surface area contributed by atoms with E-state index in [1.807, 2.05) is 6.20 Å². The summed E-state index contributed by atoms with van der Waals surface area (Å²) >= 11 is 0. The van der Waals surface area contributed by atoms with Gasteiger partial charge in [-0.25, -0.2) is 9.78 Å². The van der Waals surface area contributed by atoms with Crippen molar-refractivity contribution in [2.24, 2.45) is 0 Å². The Balaban J connectivity index is 0.000000526. The fourth-order valence-corrected chi connectivity index (χ4v) is 3.72. The first kappa shape index (κ1) is 16.3. The van der Waals surface area contributed by atoms with E-state index in [9.17, 15) is 9.59 Å². The first-order valence-corrected chi connectivity index (χ1v) is 8.09. The van der Waals surface area contributed by atoms with Crippen LogP contribution in [-0.4, -0.2) is 63.1 Å². The molecule has 130 valence electrons. The van der Waals surface area contributed by atoms with Crippen molar-refractivity contribution in [2.75, 3.05) is 24.5 Å². The fourth-order valence-electron chi connectivity index (χ4n) is 3.72. The van der Waals surface area contributed by atoms with Crippen molar-refractivity contribution < 1.29 is 19.5 Å². The number of carbonyl (C=O) groups excluding carboxylic acids is 2. The van der Waals surface area contributed by atoms with E-state index in [0.717, 1.165) is 44.7 Å². The molecule has 4 rings (SSSR count). The summed E-state index contributed by atoms with van der Waals surface area (Å²) in [6.07, 6.45) is 7.33. The second-order valence-electron chi connectivity index (χ2n) is 6.19. The summed E-state index contributed by atoms with van der Waals surface area (Å²) in [5, 5.41) is 9.81. The number of hydrogen-bond acceptors (Lipinski definition) is 5. The molecule has 9 heteroatoms. The van der Waals surface area contributed by atoms with Gasteiger partial charge in [-0.1, -0.05) is 12.8 Å². The van der Waals surface area contributed by atoms with Gasteiger partial charge in [0, 0.05) is 38.6 Å². The summed E-state index contributed by atoms with van der Waals surface area (Å²) in [6.45, 7) is 2.63. The van der Waals surface area contributed by atoms with Crippen molar-refractivity contribution in [3.8, 4) is 0 Å². The Morgan fingerprint density at radius 1 is 1.25 bits per heavy atom. The van der Waals surface area contributed by atoms with E-state index in [1.165, 1.54) is 4.90 Å². The molecule has 2 N–H and O–H groups in total. The lowest BCUT2D eigenvalue weighted by atomic mass is 9.98. The van der Waals surface area contributed by atoms with Gasteiger partial charge in [0.15, 0.2) is 0 Å². The lowest BCUT2D eigenvalue weighted by Gasteiger charge is -2.22. The Morgan fingerprint density at radius 2 is 1.96 bits per heavy atom. The molecule has 0 aromatic carbocycles. The van der Waals surface area contributed by atoms with Crippen LogP contribution < -0.4 is 10.2 Å². The van der Waals surface area contributed by atoms with Gasteiger partial charge < -0.3 is 19.9 Å². The summed E-state index contributed by atoms with van der Waals surface area (Å²) in [5.41, 5.74) is -0.597. The highest BCUT2D eigenvalue weighted by molar-refractivity contribution is 6.07. The highest BCUT2D eigenvalue weighted by Crippen LogP contribution is 2.35. The molecule has 0 radical (unpaired) electrons. The van der Waals surface area contributed by atoms with E-state index in [4.69, 9.17) is 9.90 Å². The minimum atomic E-state index is -0.597. The summed E-state index contributed by atoms with van der Waals surface area (Å²) < 4.78 is 2.09. The second-order valence-corrected chi connectivity index (χ2v) is 6.19. The molecule has 3 aliphatic rings. The number of aromatic nitrogens is 2. The largest absolute Gasteiger partial charge is 0.483 e. The van der Waals surface area contributed by atoms with Crippen LogP contribution in [0.5, 0.6) is 0 Å². The van der Waals surface area contributed by atoms with Gasteiger partial charge in [0.1, 0.15) is 5.54 Å². The van der Waals surface area contributed by atoms with Crippen molar-refractivity contribution >= 4 is 24.4 Å². The maximum absolute atomic E-state index is 12.5. The number of nitrogens with one attached hydrogen (secondary N) is 1. The van der Waals surface area contributed by atoms with Gasteiger partial charge >= 0.3 is 6.03 Å². The molecule has 1 saturated carbocycles. The molecule has 1 spiro atoms. The van der Waals surface area contributed by atoms with Crippen LogP contribution in [-0.2, 0) is 16.1 Å². The van der Waals surface area contributed by atoms with Gasteiger partial charge in [0.2, 0.25) is 5.95 Å². The third-order valence-electron chi connectivity index (χ3n) is 4.88. The Morgan fingerprint density at radius 3 is 2.67 bits per heavy atom. The summed E-state index contributed by atoms with van der Waals surface area (Å²) in [7, 11) is 0. The number of urea groups is 1. The number of anilines is 1. The molecule has 0 bridgehead atoms. The molecule has 1 aromatic rings. The number of amides is 3. The third kappa shape index (κ3) is 2.70. The molecule has 2 fully saturated rings. The van der Waals surface area contributed by atoms with Gasteiger partial charge in [-0.2, -0.15) is 0 Å². The SMILES string of the molecule is O=C1NC2(CCCC2)C(=O)N1CCN1CCn2ccnc21.O=CO. The molecule has 1 aromatic heterocycles. The van der Waals surface area contributed by atoms with Crippen LogP contribution >= 0.6 is 0 Å². The van der Waals surface area contributed by atoms with Crippen LogP contribution in [0.3, 0.4) is 0 Å². The number of carboxylic acid groups (broad SMARTS) is 1. The number of imidazole rings is 1. The number of fused-ring (bicyclic) bond motifs is 1. The van der Waals surface area contributed by atoms with Crippen molar-refractivity contribution in [2.45, 2.75) is 37.8 Å². The van der Waals surface area contributed by atoms with Crippen LogP contribution in [0, 0.1) is 0 Å². The van der Waals surface area contributed by atoms with Crippen LogP contribution in [0.4, 0.5) is 10.7 Å². The van der Waals surface area contributed by atoms with E-state index in [2.05, 4.69) is 19.8 Å². The quantitative estimate of drug-likeness (QED) is 0.606. The van der Waals surface area contributed by atoms with Crippen molar-refractivity contribution in [3.63, 3.8) is 0 Å². The summed E-state index contributed by atoms with van der Waals surface area (Å²) in [5.74, 6) is 0.894. The van der Waals surface area contributed by atoms with Crippen LogP contribution in [0.15, 0.2) is 12.4 Å². The van der Waals surface area contributed by atoms with E-state index in [-0.39, 0.29) is 18.4 Å². The third-order valence-corrected chi connectivity index (χ3v) is 4.88. The fraction of sp³-hybridized carbons (Fsp3) is 0.600. The van der Waals surface area contributed by atoms with E-state index < -0.39 is 5.54 Å². The van der Waals surface area contributed by atoms with Crippen LogP contribution in [0.25, 0.3) is 0 Å². The van der Waals surface area contributed by atoms with Gasteiger partial charge in [-0.3, -0.25) is 14.5 Å². The Kier molecular flexibility index (Phi) is 4.41. The number of imide groups is 1. The molecule has 9 nitrogen and oxygen atoms in total. The Labute approximate surface area is 139 Å². The molecule has 1 aliphatic carbocycles. The molecule has 0 unspecified atom stereocenters. The minimum Gasteiger partial charge on any atom is -0.483 e. The monoisotopic (exact) mass is 335 g/mol. The smallest absolute Gasteiger partial charge is 0.325 e. The van der Waals surface area contributed by atoms with Gasteiger partial charge in [0.05, 0.1) is 0 Å². The average molecular weight is 335 g/mol. The molecular weight excluding hydrogens is 314 g/mol. The maximum atomic E-state index is 12.5. The zero-order chi connectivity index (χ0) is 17.2. The summed E-state index contributed by atoms with van der Waals surface area (Å²) in [6, 6.07) is -0.232. The van der Waals surface area contributed by atoms with E-state index in [0.29, 0.717) is 13.1 Å². The van der Waals surface area contributed by atoms with Crippen molar-refractivity contribution in [1.82, 2.24) is 19.8 Å². The van der Waals surface area contributed by atoms with Gasteiger partial charge in [-0.05, 0) is 12.8 Å². The molecule has 3 heterocycles. The molecular formula is C15H21N5O4. The lowest BCUT2D eigenvalue weighted by Crippen LogP contribution is -2.44. The minimum absolute atomic E-state index is 0.0347. The molecule has 1 saturated heterocycles. The number of hydrogen-bond donors (Lipinski definition) is 2. The van der Waals surface area contributed by atoms with Gasteiger partial charge in [0.25, 0.3) is 12.4 Å². The van der Waals surface area contributed by atoms with Crippen LogP contribution in [0.1, 0.15) is 25.7 Å².